The Balaban J connectivity index is 2.44. The molecule has 0 radical (unpaired) electrons. The largest absolute Gasteiger partial charge is 0.480 e. The Bertz CT molecular complexity index is 365. The molecular weight excluding hydrogens is 270 g/mol. The van der Waals surface area contributed by atoms with Gasteiger partial charge in [-0.05, 0) is 44.3 Å². The lowest BCUT2D eigenvalue weighted by Crippen LogP contribution is -2.51. The van der Waals surface area contributed by atoms with Crippen LogP contribution in [0, 0.1) is 11.3 Å². The highest BCUT2D eigenvalue weighted by Gasteiger charge is 2.30. The molecule has 0 aromatic heterocycles. The van der Waals surface area contributed by atoms with Crippen molar-refractivity contribution in [3.05, 3.63) is 0 Å². The lowest BCUT2D eigenvalue weighted by atomic mass is 9.80. The number of carbonyl (C=O) groups is 2. The molecule has 1 fully saturated rings. The Morgan fingerprint density at radius 1 is 1.33 bits per heavy atom. The molecule has 3 N–H and O–H groups in total. The maximum atomic E-state index is 11.9. The van der Waals surface area contributed by atoms with Crippen LogP contribution in [-0.2, 0) is 4.79 Å². The molecule has 6 heteroatoms. The number of nitrogens with zero attached hydrogens (tertiary/aromatic N) is 1. The number of carboxylic acid groups (broad SMARTS) is 1. The Labute approximate surface area is 127 Å². The second-order valence-corrected chi connectivity index (χ2v) is 6.64. The summed E-state index contributed by atoms with van der Waals surface area (Å²) in [4.78, 5) is 25.4. The number of carboxylic acids is 1. The number of aliphatic carboxylic acids is 1. The summed E-state index contributed by atoms with van der Waals surface area (Å²) in [6.45, 7) is 8.56. The van der Waals surface area contributed by atoms with Gasteiger partial charge in [0.25, 0.3) is 0 Å². The van der Waals surface area contributed by atoms with E-state index in [1.54, 1.807) is 0 Å². The minimum Gasteiger partial charge on any atom is -0.480 e. The smallest absolute Gasteiger partial charge is 0.326 e. The topological polar surface area (TPSA) is 81.7 Å². The molecule has 6 nitrogen and oxygen atoms in total. The third-order valence-corrected chi connectivity index (χ3v) is 4.64. The molecule has 1 rings (SSSR count). The maximum Gasteiger partial charge on any atom is 0.326 e. The van der Waals surface area contributed by atoms with Crippen LogP contribution in [0.15, 0.2) is 0 Å². The number of piperidine rings is 1. The predicted octanol–water partition coefficient (Wildman–Crippen LogP) is 1.52. The fraction of sp³-hybridized carbons (Fsp3) is 0.867. The van der Waals surface area contributed by atoms with E-state index < -0.39 is 12.0 Å². The van der Waals surface area contributed by atoms with E-state index in [4.69, 9.17) is 0 Å². The summed E-state index contributed by atoms with van der Waals surface area (Å²) < 4.78 is 0. The fourth-order valence-corrected chi connectivity index (χ4v) is 2.50. The highest BCUT2D eigenvalue weighted by Crippen LogP contribution is 2.29. The molecular formula is C15H29N3O3. The van der Waals surface area contributed by atoms with Crippen molar-refractivity contribution in [2.75, 3.05) is 26.7 Å². The van der Waals surface area contributed by atoms with Crippen LogP contribution in [0.5, 0.6) is 0 Å². The second-order valence-electron chi connectivity index (χ2n) is 6.64. The third kappa shape index (κ3) is 5.53. The lowest BCUT2D eigenvalue weighted by molar-refractivity contribution is -0.140. The average Bonchev–Trinajstić information content (AvgIpc) is 2.45. The first-order valence-corrected chi connectivity index (χ1v) is 7.73. The molecule has 1 unspecified atom stereocenters. The normalized spacial score (nSPS) is 21.3. The Kier molecular flexibility index (Phi) is 6.45. The van der Waals surface area contributed by atoms with E-state index in [0.29, 0.717) is 13.0 Å². The summed E-state index contributed by atoms with van der Waals surface area (Å²) in [7, 11) is 2.10. The van der Waals surface area contributed by atoms with Gasteiger partial charge in [-0.25, -0.2) is 9.59 Å². The van der Waals surface area contributed by atoms with Gasteiger partial charge in [0.1, 0.15) is 6.04 Å². The van der Waals surface area contributed by atoms with Crippen LogP contribution in [0.25, 0.3) is 0 Å². The van der Waals surface area contributed by atoms with Crippen molar-refractivity contribution < 1.29 is 14.7 Å². The molecule has 0 saturated carbocycles. The number of nitrogens with one attached hydrogen (secondary N) is 2. The molecule has 122 valence electrons. The lowest BCUT2D eigenvalue weighted by Gasteiger charge is -2.38. The van der Waals surface area contributed by atoms with Gasteiger partial charge in [-0.2, -0.15) is 0 Å². The fourth-order valence-electron chi connectivity index (χ4n) is 2.50. The van der Waals surface area contributed by atoms with E-state index in [9.17, 15) is 14.7 Å². The summed E-state index contributed by atoms with van der Waals surface area (Å²) >= 11 is 0. The summed E-state index contributed by atoms with van der Waals surface area (Å²) in [6.07, 6.45) is 2.79. The molecule has 1 saturated heterocycles. The molecule has 0 spiro atoms. The molecule has 1 heterocycles. The van der Waals surface area contributed by atoms with Crippen LogP contribution < -0.4 is 10.6 Å². The minimum atomic E-state index is -0.981. The molecule has 1 aliphatic rings. The van der Waals surface area contributed by atoms with Crippen molar-refractivity contribution in [2.45, 2.75) is 46.1 Å². The summed E-state index contributed by atoms with van der Waals surface area (Å²) in [5.41, 5.74) is 0.0962. The summed E-state index contributed by atoms with van der Waals surface area (Å²) in [5.74, 6) is -1.07. The first-order chi connectivity index (χ1) is 9.77. The number of likely N-dealkylation sites (tertiary alicyclic amines) is 1. The molecule has 0 aromatic rings. The summed E-state index contributed by atoms with van der Waals surface area (Å²) in [6, 6.07) is -1.22. The van der Waals surface area contributed by atoms with Crippen LogP contribution >= 0.6 is 0 Å². The van der Waals surface area contributed by atoms with Gasteiger partial charge in [-0.3, -0.25) is 0 Å². The van der Waals surface area contributed by atoms with Crippen LogP contribution in [0.4, 0.5) is 4.79 Å². The number of hydrogen-bond acceptors (Lipinski definition) is 3. The molecule has 2 atom stereocenters. The van der Waals surface area contributed by atoms with E-state index in [-0.39, 0.29) is 17.4 Å². The molecule has 2 amide bonds. The van der Waals surface area contributed by atoms with Gasteiger partial charge >= 0.3 is 12.0 Å². The second kappa shape index (κ2) is 7.64. The van der Waals surface area contributed by atoms with Gasteiger partial charge < -0.3 is 20.6 Å². The van der Waals surface area contributed by atoms with Crippen molar-refractivity contribution in [1.29, 1.82) is 0 Å². The number of hydrogen-bond donors (Lipinski definition) is 3. The monoisotopic (exact) mass is 299 g/mol. The number of amides is 2. The first kappa shape index (κ1) is 17.8. The molecule has 21 heavy (non-hydrogen) atoms. The van der Waals surface area contributed by atoms with Crippen LogP contribution in [-0.4, -0.2) is 54.7 Å². The quantitative estimate of drug-likeness (QED) is 0.694. The zero-order valence-electron chi connectivity index (χ0n) is 13.6. The average molecular weight is 299 g/mol. The van der Waals surface area contributed by atoms with E-state index in [2.05, 4.69) is 29.5 Å². The van der Waals surface area contributed by atoms with E-state index in [0.717, 1.165) is 25.9 Å². The SMILES string of the molecule is CCC(C)[C@H](NC(=O)NCC1(C)CCN(C)CC1)C(=O)O. The van der Waals surface area contributed by atoms with Crippen molar-refractivity contribution >= 4 is 12.0 Å². The third-order valence-electron chi connectivity index (χ3n) is 4.64. The molecule has 0 aromatic carbocycles. The first-order valence-electron chi connectivity index (χ1n) is 7.73. The minimum absolute atomic E-state index is 0.0906. The maximum absolute atomic E-state index is 11.9. The highest BCUT2D eigenvalue weighted by atomic mass is 16.4. The Morgan fingerprint density at radius 2 is 1.90 bits per heavy atom. The van der Waals surface area contributed by atoms with Gasteiger partial charge in [-0.15, -0.1) is 0 Å². The van der Waals surface area contributed by atoms with Gasteiger partial charge in [-0.1, -0.05) is 27.2 Å². The van der Waals surface area contributed by atoms with Gasteiger partial charge in [0.05, 0.1) is 0 Å². The van der Waals surface area contributed by atoms with Gasteiger partial charge in [0, 0.05) is 6.54 Å². The van der Waals surface area contributed by atoms with Crippen LogP contribution in [0.3, 0.4) is 0 Å². The van der Waals surface area contributed by atoms with Crippen molar-refractivity contribution in [1.82, 2.24) is 15.5 Å². The number of rotatable bonds is 6. The van der Waals surface area contributed by atoms with Crippen molar-refractivity contribution in [3.8, 4) is 0 Å². The highest BCUT2D eigenvalue weighted by molar-refractivity contribution is 5.82. The Morgan fingerprint density at radius 3 is 2.38 bits per heavy atom. The van der Waals surface area contributed by atoms with Crippen molar-refractivity contribution in [3.63, 3.8) is 0 Å². The standard InChI is InChI=1S/C15H29N3O3/c1-5-11(2)12(13(19)20)17-14(21)16-10-15(3)6-8-18(4)9-7-15/h11-12H,5-10H2,1-4H3,(H,19,20)(H2,16,17,21)/t11?,12-/m0/s1. The number of carbonyl (C=O) groups excluding carboxylic acids is 1. The van der Waals surface area contributed by atoms with Gasteiger partial charge in [0.2, 0.25) is 0 Å². The zero-order valence-corrected chi connectivity index (χ0v) is 13.6. The number of urea groups is 1. The summed E-state index contributed by atoms with van der Waals surface area (Å²) in [5, 5.41) is 14.6. The molecule has 0 aliphatic carbocycles. The molecule has 1 aliphatic heterocycles. The predicted molar refractivity (Wildman–Crippen MR) is 82.3 cm³/mol. The molecule has 0 bridgehead atoms. The van der Waals surface area contributed by atoms with E-state index >= 15 is 0 Å². The van der Waals surface area contributed by atoms with E-state index in [1.165, 1.54) is 0 Å². The van der Waals surface area contributed by atoms with Crippen LogP contribution in [0.1, 0.15) is 40.0 Å². The van der Waals surface area contributed by atoms with Gasteiger partial charge in [0.15, 0.2) is 0 Å². The Hall–Kier alpha value is -1.30. The van der Waals surface area contributed by atoms with Crippen LogP contribution in [0.2, 0.25) is 0 Å². The zero-order chi connectivity index (χ0) is 16.0. The van der Waals surface area contributed by atoms with E-state index in [1.807, 2.05) is 13.8 Å². The van der Waals surface area contributed by atoms with Crippen molar-refractivity contribution in [2.24, 2.45) is 11.3 Å².